The molecule has 0 saturated carbocycles. The van der Waals surface area contributed by atoms with Crippen LogP contribution in [0.5, 0.6) is 5.88 Å². The Hall–Kier alpha value is -5.68. The fourth-order valence-electron chi connectivity index (χ4n) is 9.54. The number of carbonyl (C=O) groups is 1. The van der Waals surface area contributed by atoms with Gasteiger partial charge in [-0.15, -0.1) is 0 Å². The summed E-state index contributed by atoms with van der Waals surface area (Å²) in [5.74, 6) is -0.224. The van der Waals surface area contributed by atoms with Crippen molar-refractivity contribution < 1.29 is 27.6 Å². The lowest BCUT2D eigenvalue weighted by Gasteiger charge is -2.40. The van der Waals surface area contributed by atoms with Crippen molar-refractivity contribution in [3.63, 3.8) is 0 Å². The molecule has 65 heavy (non-hydrogen) atoms. The number of nitro benzene ring substituents is 1. The first-order valence-electron chi connectivity index (χ1n) is 22.4. The number of hydrogen-bond donors (Lipinski definition) is 3. The molecule has 1 aliphatic carbocycles. The fraction of sp³-hybridized carbons (Fsp3) is 0.417. The number of allylic oxidation sites excluding steroid dienone is 1. The smallest absolute Gasteiger partial charge is 0.293 e. The van der Waals surface area contributed by atoms with Crippen LogP contribution in [0.15, 0.2) is 89.5 Å². The topological polar surface area (TPSA) is 175 Å². The van der Waals surface area contributed by atoms with E-state index in [4.69, 9.17) is 26.1 Å². The van der Waals surface area contributed by atoms with E-state index < -0.39 is 31.4 Å². The number of amides is 1. The molecule has 3 aromatic carbocycles. The zero-order chi connectivity index (χ0) is 45.5. The number of carbonyl (C=O) groups excluding carboxylic acids is 1. The summed E-state index contributed by atoms with van der Waals surface area (Å²) >= 11 is 6.27. The molecule has 0 spiro atoms. The Morgan fingerprint density at radius 2 is 1.77 bits per heavy atom. The van der Waals surface area contributed by atoms with Crippen molar-refractivity contribution in [1.29, 1.82) is 0 Å². The van der Waals surface area contributed by atoms with Crippen molar-refractivity contribution in [3.8, 4) is 5.88 Å². The van der Waals surface area contributed by atoms with Gasteiger partial charge >= 0.3 is 0 Å². The number of halogens is 1. The first-order valence-corrected chi connectivity index (χ1v) is 24.2. The predicted octanol–water partition coefficient (Wildman–Crippen LogP) is 8.79. The number of piperazine rings is 1. The lowest BCUT2D eigenvalue weighted by molar-refractivity contribution is -0.384. The highest BCUT2D eigenvalue weighted by molar-refractivity contribution is 7.90. The van der Waals surface area contributed by atoms with Crippen molar-refractivity contribution in [3.05, 3.63) is 111 Å². The van der Waals surface area contributed by atoms with Crippen LogP contribution in [-0.4, -0.2) is 99.2 Å². The number of aromatic nitrogens is 2. The third-order valence-corrected chi connectivity index (χ3v) is 14.9. The van der Waals surface area contributed by atoms with Crippen molar-refractivity contribution in [2.75, 3.05) is 74.2 Å². The minimum atomic E-state index is -4.57. The van der Waals surface area contributed by atoms with Gasteiger partial charge in [-0.3, -0.25) is 19.8 Å². The molecule has 15 nitrogen and oxygen atoms in total. The number of nitro groups is 1. The molecule has 9 rings (SSSR count). The molecule has 1 atom stereocenters. The maximum Gasteiger partial charge on any atom is 0.293 e. The molecule has 2 aromatic heterocycles. The number of fused-ring (bicyclic) bond motifs is 2. The minimum Gasteiger partial charge on any atom is -0.474 e. The normalized spacial score (nSPS) is 19.5. The SMILES string of the molecule is C[C@H]1COc2nc3[nH]ccc3cc2N1c1cc(N2CCN(CC3=C(c4ccc(Cl)cc4)CC(C)(C)CC3)CC2)ccc1C(=O)NS(=O)(=O)c1ccc(NCC2CCOCC2)c([N+](=O)[O-])c1. The van der Waals surface area contributed by atoms with Crippen LogP contribution in [0.4, 0.5) is 28.4 Å². The van der Waals surface area contributed by atoms with Gasteiger partial charge in [0.25, 0.3) is 21.6 Å². The Balaban J connectivity index is 0.990. The van der Waals surface area contributed by atoms with E-state index in [1.807, 2.05) is 48.2 Å². The molecule has 342 valence electrons. The van der Waals surface area contributed by atoms with Crippen molar-refractivity contribution in [2.45, 2.75) is 63.8 Å². The van der Waals surface area contributed by atoms with Gasteiger partial charge in [-0.05, 0) is 116 Å². The molecule has 0 bridgehead atoms. The second-order valence-corrected chi connectivity index (χ2v) is 20.6. The number of H-pyrrole nitrogens is 1. The summed E-state index contributed by atoms with van der Waals surface area (Å²) in [6, 6.07) is 20.9. The van der Waals surface area contributed by atoms with E-state index in [2.05, 4.69) is 50.8 Å². The first kappa shape index (κ1) is 44.5. The molecule has 3 aliphatic heterocycles. The van der Waals surface area contributed by atoms with Crippen LogP contribution in [-0.2, 0) is 14.8 Å². The third kappa shape index (κ3) is 9.67. The largest absolute Gasteiger partial charge is 0.474 e. The second kappa shape index (κ2) is 18.3. The van der Waals surface area contributed by atoms with Gasteiger partial charge in [0.1, 0.15) is 23.6 Å². The zero-order valence-corrected chi connectivity index (χ0v) is 38.5. The predicted molar refractivity (Wildman–Crippen MR) is 254 cm³/mol. The number of rotatable bonds is 12. The summed E-state index contributed by atoms with van der Waals surface area (Å²) in [5.41, 5.74) is 6.91. The van der Waals surface area contributed by atoms with Crippen molar-refractivity contribution in [1.82, 2.24) is 19.6 Å². The first-order chi connectivity index (χ1) is 31.2. The monoisotopic (exact) mass is 922 g/mol. The molecule has 3 N–H and O–H groups in total. The number of pyridine rings is 1. The van der Waals surface area contributed by atoms with E-state index in [1.165, 1.54) is 28.8 Å². The van der Waals surface area contributed by atoms with Gasteiger partial charge in [0.2, 0.25) is 5.88 Å². The Morgan fingerprint density at radius 3 is 2.52 bits per heavy atom. The Morgan fingerprint density at radius 1 is 1.00 bits per heavy atom. The fourth-order valence-corrected chi connectivity index (χ4v) is 10.6. The highest BCUT2D eigenvalue weighted by atomic mass is 35.5. The van der Waals surface area contributed by atoms with Crippen molar-refractivity contribution >= 4 is 72.6 Å². The summed E-state index contributed by atoms with van der Waals surface area (Å²) in [4.78, 5) is 40.2. The van der Waals surface area contributed by atoms with Gasteiger partial charge in [0.15, 0.2) is 0 Å². The minimum absolute atomic E-state index is 0.107. The number of anilines is 4. The molecule has 4 aliphatic rings. The third-order valence-electron chi connectivity index (χ3n) is 13.3. The van der Waals surface area contributed by atoms with Crippen LogP contribution >= 0.6 is 11.6 Å². The zero-order valence-electron chi connectivity index (χ0n) is 36.9. The number of nitrogens with one attached hydrogen (secondary N) is 3. The number of benzene rings is 3. The van der Waals surface area contributed by atoms with E-state index in [0.29, 0.717) is 42.7 Å². The number of sulfonamides is 1. The standard InChI is InChI=1S/C48H55ClN8O7S/c1-31-30-64-47-44(24-34-13-17-50-45(34)52-47)56(31)42-25-37(55-20-18-54(19-21-55)29-35-12-16-48(2,3)27-40(35)33-4-6-36(49)7-5-33)8-10-39(42)46(58)53-65(61,62)38-9-11-41(43(26-38)57(59)60)51-28-32-14-22-63-23-15-32/h4-11,13,17,24-26,31-32,51H,12,14-16,18-23,27-30H2,1-3H3,(H,50,52)(H,53,58)/t31-/m0/s1. The van der Waals surface area contributed by atoms with Gasteiger partial charge in [0, 0.05) is 80.8 Å². The average molecular weight is 924 g/mol. The molecule has 0 radical (unpaired) electrons. The van der Waals surface area contributed by atoms with Crippen LogP contribution in [0.1, 0.15) is 68.8 Å². The maximum atomic E-state index is 14.4. The molecule has 5 aromatic rings. The molecule has 1 amide bonds. The molecule has 2 saturated heterocycles. The molecule has 2 fully saturated rings. The summed E-state index contributed by atoms with van der Waals surface area (Å²) < 4.78 is 41.7. The second-order valence-electron chi connectivity index (χ2n) is 18.5. The number of aromatic amines is 1. The summed E-state index contributed by atoms with van der Waals surface area (Å²) in [6.07, 6.45) is 6.65. The number of nitrogens with zero attached hydrogens (tertiary/aromatic N) is 5. The quantitative estimate of drug-likeness (QED) is 0.0803. The van der Waals surface area contributed by atoms with E-state index in [0.717, 1.165) is 87.0 Å². The van der Waals surface area contributed by atoms with Crippen LogP contribution in [0.3, 0.4) is 0 Å². The Labute approximate surface area is 384 Å². The summed E-state index contributed by atoms with van der Waals surface area (Å²) in [5, 5.41) is 16.9. The van der Waals surface area contributed by atoms with Crippen LogP contribution in [0.25, 0.3) is 16.6 Å². The van der Waals surface area contributed by atoms with Crippen LogP contribution in [0.2, 0.25) is 5.02 Å². The van der Waals surface area contributed by atoms with E-state index in [-0.39, 0.29) is 35.2 Å². The van der Waals surface area contributed by atoms with Gasteiger partial charge in [-0.1, -0.05) is 43.2 Å². The van der Waals surface area contributed by atoms with Crippen molar-refractivity contribution in [2.24, 2.45) is 11.3 Å². The van der Waals surface area contributed by atoms with Gasteiger partial charge < -0.3 is 29.6 Å². The average Bonchev–Trinajstić information content (AvgIpc) is 3.76. The molecule has 5 heterocycles. The molecule has 0 unspecified atom stereocenters. The highest BCUT2D eigenvalue weighted by Gasteiger charge is 2.34. The number of ether oxygens (including phenoxy) is 2. The van der Waals surface area contributed by atoms with Gasteiger partial charge in [-0.2, -0.15) is 4.98 Å². The van der Waals surface area contributed by atoms with E-state index in [1.54, 1.807) is 12.3 Å². The van der Waals surface area contributed by atoms with E-state index >= 15 is 0 Å². The Kier molecular flexibility index (Phi) is 12.5. The van der Waals surface area contributed by atoms with Gasteiger partial charge in [0.05, 0.1) is 27.1 Å². The maximum absolute atomic E-state index is 14.4. The van der Waals surface area contributed by atoms with Crippen LogP contribution in [0, 0.1) is 21.4 Å². The molecule has 17 heteroatoms. The Bertz CT molecular complexity index is 2750. The highest BCUT2D eigenvalue weighted by Crippen LogP contribution is 2.45. The van der Waals surface area contributed by atoms with Crippen LogP contribution < -0.4 is 24.6 Å². The molecular weight excluding hydrogens is 868 g/mol. The van der Waals surface area contributed by atoms with E-state index in [9.17, 15) is 23.3 Å². The lowest BCUT2D eigenvalue weighted by Crippen LogP contribution is -2.47. The number of hydrogen-bond acceptors (Lipinski definition) is 12. The lowest BCUT2D eigenvalue weighted by atomic mass is 9.72. The summed E-state index contributed by atoms with van der Waals surface area (Å²) in [7, 11) is -4.57. The summed E-state index contributed by atoms with van der Waals surface area (Å²) in [6.45, 7) is 12.7. The van der Waals surface area contributed by atoms with Gasteiger partial charge in [-0.25, -0.2) is 13.1 Å². The molecular formula is C48H55ClN8O7S.